The zero-order valence-corrected chi connectivity index (χ0v) is 9.42. The van der Waals surface area contributed by atoms with E-state index in [1.807, 2.05) is 0 Å². The summed E-state index contributed by atoms with van der Waals surface area (Å²) in [4.78, 5) is 0. The third-order valence-corrected chi connectivity index (χ3v) is 3.35. The molecule has 2 nitrogen and oxygen atoms in total. The molecule has 0 aliphatic carbocycles. The molecule has 0 radical (unpaired) electrons. The monoisotopic (exact) mass is 204 g/mol. The van der Waals surface area contributed by atoms with E-state index in [-0.39, 0.29) is 0 Å². The van der Waals surface area contributed by atoms with Crippen molar-refractivity contribution in [2.24, 2.45) is 5.73 Å². The smallest absolute Gasteiger partial charge is 0.0178 e. The van der Waals surface area contributed by atoms with Gasteiger partial charge in [-0.15, -0.1) is 0 Å². The summed E-state index contributed by atoms with van der Waals surface area (Å²) in [5.41, 5.74) is 9.81. The molecule has 1 aromatic rings. The van der Waals surface area contributed by atoms with Crippen molar-refractivity contribution in [2.45, 2.75) is 32.2 Å². The minimum absolute atomic E-state index is 0.646. The van der Waals surface area contributed by atoms with Gasteiger partial charge in [-0.05, 0) is 55.5 Å². The van der Waals surface area contributed by atoms with Crippen LogP contribution in [0.2, 0.25) is 0 Å². The van der Waals surface area contributed by atoms with Crippen LogP contribution in [0.15, 0.2) is 18.2 Å². The van der Waals surface area contributed by atoms with Gasteiger partial charge in [0.05, 0.1) is 0 Å². The van der Waals surface area contributed by atoms with E-state index in [1.54, 1.807) is 0 Å². The van der Waals surface area contributed by atoms with Gasteiger partial charge < -0.3 is 11.1 Å². The average molecular weight is 204 g/mol. The molecule has 0 saturated carbocycles. The fourth-order valence-corrected chi connectivity index (χ4v) is 2.46. The van der Waals surface area contributed by atoms with Gasteiger partial charge in [-0.1, -0.05) is 18.2 Å². The fourth-order valence-electron chi connectivity index (χ4n) is 2.46. The Morgan fingerprint density at radius 2 is 2.07 bits per heavy atom. The van der Waals surface area contributed by atoms with Gasteiger partial charge in [-0.2, -0.15) is 0 Å². The summed E-state index contributed by atoms with van der Waals surface area (Å²) in [6.07, 6.45) is 2.53. The molecule has 0 unspecified atom stereocenters. The van der Waals surface area contributed by atoms with E-state index >= 15 is 0 Å². The van der Waals surface area contributed by atoms with Crippen molar-refractivity contribution in [3.8, 4) is 0 Å². The Hall–Kier alpha value is -0.860. The van der Waals surface area contributed by atoms with E-state index in [0.717, 1.165) is 19.0 Å². The van der Waals surface area contributed by atoms with Crippen molar-refractivity contribution in [2.75, 3.05) is 13.1 Å². The van der Waals surface area contributed by atoms with Gasteiger partial charge in [0.25, 0.3) is 0 Å². The molecular formula is C13H20N2. The molecule has 1 aliphatic heterocycles. The lowest BCUT2D eigenvalue weighted by Gasteiger charge is -2.24. The average Bonchev–Trinajstić information content (AvgIpc) is 2.30. The highest BCUT2D eigenvalue weighted by Gasteiger charge is 2.16. The van der Waals surface area contributed by atoms with Gasteiger partial charge in [-0.25, -0.2) is 0 Å². The Bertz CT molecular complexity index is 327. The maximum Gasteiger partial charge on any atom is 0.0178 e. The van der Waals surface area contributed by atoms with Crippen molar-refractivity contribution >= 4 is 0 Å². The highest BCUT2D eigenvalue weighted by atomic mass is 14.9. The number of benzene rings is 1. The van der Waals surface area contributed by atoms with Crippen LogP contribution in [0.3, 0.4) is 0 Å². The van der Waals surface area contributed by atoms with Crippen LogP contribution in [0, 0.1) is 6.92 Å². The Kier molecular flexibility index (Phi) is 3.39. The summed E-state index contributed by atoms with van der Waals surface area (Å²) < 4.78 is 0. The predicted octanol–water partition coefficient (Wildman–Crippen LogP) is 1.92. The molecule has 1 heterocycles. The SMILES string of the molecule is Cc1cc(CN)ccc1C1CCNCC1. The molecule has 1 saturated heterocycles. The molecule has 0 spiro atoms. The Morgan fingerprint density at radius 1 is 1.33 bits per heavy atom. The lowest BCUT2D eigenvalue weighted by molar-refractivity contribution is 0.459. The molecule has 2 heteroatoms. The first-order chi connectivity index (χ1) is 7.31. The second-order valence-electron chi connectivity index (χ2n) is 4.42. The first-order valence-corrected chi connectivity index (χ1v) is 5.81. The lowest BCUT2D eigenvalue weighted by atomic mass is 9.87. The van der Waals surface area contributed by atoms with E-state index < -0.39 is 0 Å². The second-order valence-corrected chi connectivity index (χ2v) is 4.42. The standard InChI is InChI=1S/C13H20N2/c1-10-8-11(9-14)2-3-13(10)12-4-6-15-7-5-12/h2-3,8,12,15H,4-7,9,14H2,1H3. The first kappa shape index (κ1) is 10.7. The third kappa shape index (κ3) is 2.39. The summed E-state index contributed by atoms with van der Waals surface area (Å²) in [5.74, 6) is 0.748. The topological polar surface area (TPSA) is 38.0 Å². The summed E-state index contributed by atoms with van der Waals surface area (Å²) in [6, 6.07) is 6.68. The van der Waals surface area contributed by atoms with Crippen molar-refractivity contribution in [3.05, 3.63) is 34.9 Å². The number of aryl methyl sites for hydroxylation is 1. The van der Waals surface area contributed by atoms with Crippen molar-refractivity contribution < 1.29 is 0 Å². The van der Waals surface area contributed by atoms with Crippen LogP contribution in [0.1, 0.15) is 35.4 Å². The number of nitrogens with one attached hydrogen (secondary N) is 1. The third-order valence-electron chi connectivity index (χ3n) is 3.35. The van der Waals surface area contributed by atoms with Crippen molar-refractivity contribution in [1.29, 1.82) is 0 Å². The molecule has 1 aromatic carbocycles. The molecule has 1 aliphatic rings. The molecule has 0 bridgehead atoms. The zero-order chi connectivity index (χ0) is 10.7. The molecule has 3 N–H and O–H groups in total. The predicted molar refractivity (Wildman–Crippen MR) is 63.9 cm³/mol. The summed E-state index contributed by atoms with van der Waals surface area (Å²) >= 11 is 0. The lowest BCUT2D eigenvalue weighted by Crippen LogP contribution is -2.27. The van der Waals surface area contributed by atoms with Gasteiger partial charge in [0.15, 0.2) is 0 Å². The fraction of sp³-hybridized carbons (Fsp3) is 0.538. The maximum absolute atomic E-state index is 5.64. The Morgan fingerprint density at radius 3 is 2.67 bits per heavy atom. The van der Waals surface area contributed by atoms with E-state index in [0.29, 0.717) is 6.54 Å². The van der Waals surface area contributed by atoms with E-state index in [4.69, 9.17) is 5.73 Å². The molecular weight excluding hydrogens is 184 g/mol. The number of hydrogen-bond acceptors (Lipinski definition) is 2. The number of hydrogen-bond donors (Lipinski definition) is 2. The van der Waals surface area contributed by atoms with Crippen LogP contribution in [0.5, 0.6) is 0 Å². The minimum Gasteiger partial charge on any atom is -0.326 e. The normalized spacial score (nSPS) is 18.0. The molecule has 0 atom stereocenters. The quantitative estimate of drug-likeness (QED) is 0.772. The van der Waals surface area contributed by atoms with Gasteiger partial charge >= 0.3 is 0 Å². The first-order valence-electron chi connectivity index (χ1n) is 5.81. The van der Waals surface area contributed by atoms with Gasteiger partial charge in [0.2, 0.25) is 0 Å². The van der Waals surface area contributed by atoms with Crippen LogP contribution in [0.25, 0.3) is 0 Å². The van der Waals surface area contributed by atoms with E-state index in [9.17, 15) is 0 Å². The van der Waals surface area contributed by atoms with Crippen LogP contribution < -0.4 is 11.1 Å². The number of rotatable bonds is 2. The highest BCUT2D eigenvalue weighted by molar-refractivity contribution is 5.33. The second kappa shape index (κ2) is 4.77. The maximum atomic E-state index is 5.64. The number of piperidine rings is 1. The van der Waals surface area contributed by atoms with Crippen molar-refractivity contribution in [1.82, 2.24) is 5.32 Å². The Balaban J connectivity index is 2.19. The summed E-state index contributed by atoms with van der Waals surface area (Å²) in [5, 5.41) is 3.41. The van der Waals surface area contributed by atoms with Crippen LogP contribution in [-0.2, 0) is 6.54 Å². The van der Waals surface area contributed by atoms with Crippen LogP contribution in [-0.4, -0.2) is 13.1 Å². The zero-order valence-electron chi connectivity index (χ0n) is 9.42. The van der Waals surface area contributed by atoms with E-state index in [1.165, 1.54) is 29.5 Å². The molecule has 0 amide bonds. The minimum atomic E-state index is 0.646. The molecule has 15 heavy (non-hydrogen) atoms. The molecule has 82 valence electrons. The molecule has 0 aromatic heterocycles. The number of nitrogens with two attached hydrogens (primary N) is 1. The van der Waals surface area contributed by atoms with E-state index in [2.05, 4.69) is 30.4 Å². The summed E-state index contributed by atoms with van der Waals surface area (Å²) in [7, 11) is 0. The Labute approximate surface area is 91.9 Å². The van der Waals surface area contributed by atoms with Crippen LogP contribution in [0.4, 0.5) is 0 Å². The molecule has 2 rings (SSSR count). The molecule has 1 fully saturated rings. The highest BCUT2D eigenvalue weighted by Crippen LogP contribution is 2.28. The van der Waals surface area contributed by atoms with Crippen LogP contribution >= 0.6 is 0 Å². The van der Waals surface area contributed by atoms with Gasteiger partial charge in [0, 0.05) is 6.54 Å². The summed E-state index contributed by atoms with van der Waals surface area (Å²) in [6.45, 7) is 5.16. The van der Waals surface area contributed by atoms with Gasteiger partial charge in [-0.3, -0.25) is 0 Å². The largest absolute Gasteiger partial charge is 0.326 e. The van der Waals surface area contributed by atoms with Gasteiger partial charge in [0.1, 0.15) is 0 Å². The van der Waals surface area contributed by atoms with Crippen molar-refractivity contribution in [3.63, 3.8) is 0 Å².